The first-order valence-corrected chi connectivity index (χ1v) is 10.1. The van der Waals surface area contributed by atoms with Gasteiger partial charge >= 0.3 is 18.0 Å². The summed E-state index contributed by atoms with van der Waals surface area (Å²) in [7, 11) is 1.20. The predicted molar refractivity (Wildman–Crippen MR) is 116 cm³/mol. The van der Waals surface area contributed by atoms with Crippen LogP contribution < -0.4 is 10.6 Å². The monoisotopic (exact) mass is 442 g/mol. The lowest BCUT2D eigenvalue weighted by Gasteiger charge is -2.18. The van der Waals surface area contributed by atoms with E-state index >= 15 is 0 Å². The van der Waals surface area contributed by atoms with Crippen molar-refractivity contribution in [1.29, 1.82) is 0 Å². The van der Waals surface area contributed by atoms with Crippen molar-refractivity contribution < 1.29 is 33.4 Å². The number of hydrogen-bond acceptors (Lipinski definition) is 7. The van der Waals surface area contributed by atoms with Crippen LogP contribution in [-0.2, 0) is 25.4 Å². The van der Waals surface area contributed by atoms with Crippen LogP contribution in [0.15, 0.2) is 48.5 Å². The standard InChI is InChI=1S/C23H26N2O7/c1-4-31-21(27)16-12-17(22(28)32-5-2)14-18(13-16)24-20(26)19(25-23(29)30-3)11-15-9-7-6-8-10-15/h6-10,12-14,19H,4-5,11H2,1-3H3,(H,24,26)(H,25,29). The van der Waals surface area contributed by atoms with Gasteiger partial charge in [0, 0.05) is 12.1 Å². The summed E-state index contributed by atoms with van der Waals surface area (Å²) in [4.78, 5) is 49.2. The van der Waals surface area contributed by atoms with Crippen LogP contribution in [0.5, 0.6) is 0 Å². The number of anilines is 1. The van der Waals surface area contributed by atoms with Crippen LogP contribution in [0.4, 0.5) is 10.5 Å². The zero-order valence-corrected chi connectivity index (χ0v) is 18.2. The average Bonchev–Trinajstić information content (AvgIpc) is 2.79. The van der Waals surface area contributed by atoms with Gasteiger partial charge in [0.2, 0.25) is 5.91 Å². The number of amides is 2. The summed E-state index contributed by atoms with van der Waals surface area (Å²) in [6.07, 6.45) is -0.571. The van der Waals surface area contributed by atoms with Crippen LogP contribution in [0.2, 0.25) is 0 Å². The maximum absolute atomic E-state index is 13.0. The molecule has 9 nitrogen and oxygen atoms in total. The molecule has 1 atom stereocenters. The van der Waals surface area contributed by atoms with E-state index in [1.54, 1.807) is 13.8 Å². The van der Waals surface area contributed by atoms with E-state index in [-0.39, 0.29) is 36.4 Å². The van der Waals surface area contributed by atoms with Crippen molar-refractivity contribution in [2.45, 2.75) is 26.3 Å². The first-order valence-electron chi connectivity index (χ1n) is 10.1. The van der Waals surface area contributed by atoms with Gasteiger partial charge in [-0.25, -0.2) is 14.4 Å². The van der Waals surface area contributed by atoms with Gasteiger partial charge in [-0.2, -0.15) is 0 Å². The Hall–Kier alpha value is -3.88. The fourth-order valence-electron chi connectivity index (χ4n) is 2.85. The average molecular weight is 442 g/mol. The minimum Gasteiger partial charge on any atom is -0.462 e. The number of carbonyl (C=O) groups is 4. The van der Waals surface area contributed by atoms with E-state index < -0.39 is 30.0 Å². The van der Waals surface area contributed by atoms with E-state index in [0.717, 1.165) is 5.56 Å². The Morgan fingerprint density at radius 1 is 0.875 bits per heavy atom. The Morgan fingerprint density at radius 3 is 1.94 bits per heavy atom. The molecule has 32 heavy (non-hydrogen) atoms. The van der Waals surface area contributed by atoms with Crippen LogP contribution in [0.1, 0.15) is 40.1 Å². The molecule has 1 unspecified atom stereocenters. The van der Waals surface area contributed by atoms with Gasteiger partial charge in [0.15, 0.2) is 0 Å². The Morgan fingerprint density at radius 2 is 1.44 bits per heavy atom. The molecule has 0 bridgehead atoms. The van der Waals surface area contributed by atoms with Gasteiger partial charge in [-0.15, -0.1) is 0 Å². The molecule has 0 aliphatic heterocycles. The molecule has 0 radical (unpaired) electrons. The fraction of sp³-hybridized carbons (Fsp3) is 0.304. The number of methoxy groups -OCH3 is 1. The molecule has 2 rings (SSSR count). The summed E-state index contributed by atoms with van der Waals surface area (Å²) in [6, 6.07) is 12.2. The predicted octanol–water partition coefficient (Wildman–Crippen LogP) is 2.95. The number of benzene rings is 2. The van der Waals surface area contributed by atoms with Gasteiger partial charge in [-0.1, -0.05) is 30.3 Å². The smallest absolute Gasteiger partial charge is 0.407 e. The van der Waals surface area contributed by atoms with E-state index in [0.29, 0.717) is 0 Å². The normalized spacial score (nSPS) is 11.1. The molecular weight excluding hydrogens is 416 g/mol. The van der Waals surface area contributed by atoms with E-state index in [4.69, 9.17) is 9.47 Å². The molecular formula is C23H26N2O7. The second-order valence-electron chi connectivity index (χ2n) is 6.61. The Kier molecular flexibility index (Phi) is 9.22. The maximum Gasteiger partial charge on any atom is 0.407 e. The molecule has 0 saturated carbocycles. The molecule has 2 aromatic carbocycles. The fourth-order valence-corrected chi connectivity index (χ4v) is 2.85. The first kappa shape index (κ1) is 24.4. The lowest BCUT2D eigenvalue weighted by atomic mass is 10.0. The second kappa shape index (κ2) is 12.1. The third-order valence-corrected chi connectivity index (χ3v) is 4.30. The van der Waals surface area contributed by atoms with Crippen LogP contribution >= 0.6 is 0 Å². The molecule has 2 aromatic rings. The summed E-state index contributed by atoms with van der Waals surface area (Å²) in [5.74, 6) is -1.86. The zero-order valence-electron chi connectivity index (χ0n) is 18.2. The number of esters is 2. The number of carbonyl (C=O) groups excluding carboxylic acids is 4. The Balaban J connectivity index is 2.32. The highest BCUT2D eigenvalue weighted by molar-refractivity contribution is 6.01. The molecule has 0 saturated heterocycles. The number of alkyl carbamates (subject to hydrolysis) is 1. The van der Waals surface area contributed by atoms with Crippen LogP contribution in [-0.4, -0.2) is 50.3 Å². The summed E-state index contributed by atoms with van der Waals surface area (Å²) < 4.78 is 14.6. The van der Waals surface area contributed by atoms with Gasteiger partial charge in [0.25, 0.3) is 0 Å². The van der Waals surface area contributed by atoms with Crippen molar-refractivity contribution in [3.63, 3.8) is 0 Å². The zero-order chi connectivity index (χ0) is 23.5. The van der Waals surface area contributed by atoms with E-state index in [1.165, 1.54) is 25.3 Å². The molecule has 0 aromatic heterocycles. The van der Waals surface area contributed by atoms with Crippen molar-refractivity contribution >= 4 is 29.6 Å². The summed E-state index contributed by atoms with van der Waals surface area (Å²) in [6.45, 7) is 3.60. The van der Waals surface area contributed by atoms with Crippen molar-refractivity contribution in [2.75, 3.05) is 25.6 Å². The lowest BCUT2D eigenvalue weighted by Crippen LogP contribution is -2.45. The molecule has 170 valence electrons. The van der Waals surface area contributed by atoms with Gasteiger partial charge in [-0.3, -0.25) is 4.79 Å². The molecule has 0 aliphatic rings. The van der Waals surface area contributed by atoms with Gasteiger partial charge in [0.1, 0.15) is 6.04 Å². The number of nitrogens with one attached hydrogen (secondary N) is 2. The minimum atomic E-state index is -0.970. The maximum atomic E-state index is 13.0. The molecule has 9 heteroatoms. The van der Waals surface area contributed by atoms with Crippen LogP contribution in [0.25, 0.3) is 0 Å². The van der Waals surface area contributed by atoms with Crippen LogP contribution in [0, 0.1) is 0 Å². The van der Waals surface area contributed by atoms with Crippen molar-refractivity contribution in [3.8, 4) is 0 Å². The highest BCUT2D eigenvalue weighted by Crippen LogP contribution is 2.18. The molecule has 0 heterocycles. The third kappa shape index (κ3) is 7.12. The number of ether oxygens (including phenoxy) is 3. The SMILES string of the molecule is CCOC(=O)c1cc(NC(=O)C(Cc2ccccc2)NC(=O)OC)cc(C(=O)OCC)c1. The van der Waals surface area contributed by atoms with Crippen molar-refractivity contribution in [2.24, 2.45) is 0 Å². The quantitative estimate of drug-likeness (QED) is 0.452. The molecule has 2 N–H and O–H groups in total. The highest BCUT2D eigenvalue weighted by atomic mass is 16.5. The number of rotatable bonds is 9. The molecule has 0 spiro atoms. The van der Waals surface area contributed by atoms with Gasteiger partial charge in [0.05, 0.1) is 31.5 Å². The van der Waals surface area contributed by atoms with E-state index in [2.05, 4.69) is 15.4 Å². The number of hydrogen-bond donors (Lipinski definition) is 2. The van der Waals surface area contributed by atoms with Gasteiger partial charge in [-0.05, 0) is 37.6 Å². The first-order chi connectivity index (χ1) is 15.4. The second-order valence-corrected chi connectivity index (χ2v) is 6.61. The third-order valence-electron chi connectivity index (χ3n) is 4.30. The van der Waals surface area contributed by atoms with E-state index in [1.807, 2.05) is 30.3 Å². The summed E-state index contributed by atoms with van der Waals surface area (Å²) in [5.41, 5.74) is 1.14. The Bertz CT molecular complexity index is 924. The Labute approximate surface area is 186 Å². The van der Waals surface area contributed by atoms with Gasteiger partial charge < -0.3 is 24.8 Å². The summed E-state index contributed by atoms with van der Waals surface area (Å²) >= 11 is 0. The molecule has 0 aliphatic carbocycles. The molecule has 0 fully saturated rings. The minimum absolute atomic E-state index is 0.0771. The largest absolute Gasteiger partial charge is 0.462 e. The van der Waals surface area contributed by atoms with Crippen molar-refractivity contribution in [1.82, 2.24) is 5.32 Å². The summed E-state index contributed by atoms with van der Waals surface area (Å²) in [5, 5.41) is 5.14. The van der Waals surface area contributed by atoms with E-state index in [9.17, 15) is 19.2 Å². The lowest BCUT2D eigenvalue weighted by molar-refractivity contribution is -0.118. The van der Waals surface area contributed by atoms with Crippen molar-refractivity contribution in [3.05, 3.63) is 65.2 Å². The van der Waals surface area contributed by atoms with Crippen LogP contribution in [0.3, 0.4) is 0 Å². The highest BCUT2D eigenvalue weighted by Gasteiger charge is 2.23. The molecule has 2 amide bonds. The topological polar surface area (TPSA) is 120 Å².